The largest absolute Gasteiger partial charge is 0.573 e. The minimum Gasteiger partial charge on any atom is -0.406 e. The summed E-state index contributed by atoms with van der Waals surface area (Å²) in [5.41, 5.74) is 2.09. The van der Waals surface area contributed by atoms with Crippen LogP contribution in [0.5, 0.6) is 5.75 Å². The number of halogens is 3. The molecule has 2 aromatic carbocycles. The Balaban J connectivity index is 1.53. The van der Waals surface area contributed by atoms with E-state index < -0.39 is 36.2 Å². The Hall–Kier alpha value is -3.06. The maximum absolute atomic E-state index is 14.2. The van der Waals surface area contributed by atoms with Gasteiger partial charge in [0, 0.05) is 35.5 Å². The van der Waals surface area contributed by atoms with Gasteiger partial charge in [-0.2, -0.15) is 0 Å². The predicted octanol–water partition coefficient (Wildman–Crippen LogP) is 7.08. The molecule has 5 atom stereocenters. The quantitative estimate of drug-likeness (QED) is 0.131. The van der Waals surface area contributed by atoms with Crippen molar-refractivity contribution in [1.29, 1.82) is 0 Å². The summed E-state index contributed by atoms with van der Waals surface area (Å²) in [7, 11) is 0. The van der Waals surface area contributed by atoms with Crippen molar-refractivity contribution in [3.05, 3.63) is 98.3 Å². The summed E-state index contributed by atoms with van der Waals surface area (Å²) in [5.74, 6) is -0.633. The van der Waals surface area contributed by atoms with E-state index in [1.54, 1.807) is 0 Å². The summed E-state index contributed by atoms with van der Waals surface area (Å²) in [6.45, 7) is 5.94. The molecule has 5 unspecified atom stereocenters. The number of ketones is 1. The second-order valence-corrected chi connectivity index (χ2v) is 15.7. The van der Waals surface area contributed by atoms with Crippen LogP contribution in [0.2, 0.25) is 0 Å². The Morgan fingerprint density at radius 3 is 2.48 bits per heavy atom. The van der Waals surface area contributed by atoms with Crippen molar-refractivity contribution < 1.29 is 43.1 Å². The molecule has 1 fully saturated rings. The van der Waals surface area contributed by atoms with Crippen LogP contribution in [0, 0.1) is 12.3 Å². The first kappa shape index (κ1) is 38.2. The van der Waals surface area contributed by atoms with Crippen molar-refractivity contribution in [1.82, 2.24) is 4.90 Å². The SMILES string of the molecule is CC1=CCCC2(C)C(CCC2(O)CN(Cc2ccc(OC(F)(F)F)cc2)CC(O)CO)c2ccc(cc2C(=O)c2ccc(C)s2)CC(O)CC1. The van der Waals surface area contributed by atoms with Gasteiger partial charge in [-0.05, 0) is 112 Å². The monoisotopic (exact) mass is 715 g/mol. The van der Waals surface area contributed by atoms with E-state index in [1.807, 2.05) is 42.2 Å². The lowest BCUT2D eigenvalue weighted by Gasteiger charge is -2.46. The number of aliphatic hydroxyl groups excluding tert-OH is 3. The van der Waals surface area contributed by atoms with Crippen LogP contribution >= 0.6 is 11.3 Å². The molecule has 0 aliphatic heterocycles. The number of nitrogens with zero attached hydrogens (tertiary/aromatic N) is 1. The van der Waals surface area contributed by atoms with Gasteiger partial charge in [-0.1, -0.05) is 42.8 Å². The van der Waals surface area contributed by atoms with Gasteiger partial charge in [-0.3, -0.25) is 9.69 Å². The molecule has 2 bridgehead atoms. The molecule has 3 aromatic rings. The first-order valence-electron chi connectivity index (χ1n) is 17.2. The predicted molar refractivity (Wildman–Crippen MR) is 187 cm³/mol. The minimum atomic E-state index is -4.81. The maximum atomic E-state index is 14.2. The number of alkyl halides is 3. The number of hydrogen-bond donors (Lipinski definition) is 4. The van der Waals surface area contributed by atoms with E-state index in [0.29, 0.717) is 54.5 Å². The maximum Gasteiger partial charge on any atom is 0.573 e. The van der Waals surface area contributed by atoms with Crippen molar-refractivity contribution in [2.45, 2.75) is 102 Å². The molecule has 0 saturated heterocycles. The number of rotatable bonds is 10. The van der Waals surface area contributed by atoms with E-state index in [2.05, 4.69) is 24.7 Å². The van der Waals surface area contributed by atoms with Gasteiger partial charge in [0.05, 0.1) is 29.3 Å². The molecule has 4 N–H and O–H groups in total. The zero-order valence-electron chi connectivity index (χ0n) is 28.9. The summed E-state index contributed by atoms with van der Waals surface area (Å²) in [4.78, 5) is 17.7. The van der Waals surface area contributed by atoms with Crippen LogP contribution in [0.4, 0.5) is 13.2 Å². The van der Waals surface area contributed by atoms with Crippen molar-refractivity contribution in [2.24, 2.45) is 5.41 Å². The highest BCUT2D eigenvalue weighted by Crippen LogP contribution is 2.59. The Labute approximate surface area is 296 Å². The second kappa shape index (κ2) is 15.7. The molecular formula is C39H48F3NO6S. The molecular weight excluding hydrogens is 667 g/mol. The summed E-state index contributed by atoms with van der Waals surface area (Å²) < 4.78 is 42.3. The average molecular weight is 716 g/mol. The normalized spacial score (nSPS) is 25.2. The molecule has 3 aliphatic carbocycles. The molecule has 1 saturated carbocycles. The highest BCUT2D eigenvalue weighted by molar-refractivity contribution is 7.14. The van der Waals surface area contributed by atoms with Crippen LogP contribution in [0.15, 0.2) is 66.2 Å². The van der Waals surface area contributed by atoms with Crippen LogP contribution in [0.25, 0.3) is 0 Å². The molecule has 0 amide bonds. The van der Waals surface area contributed by atoms with E-state index in [1.165, 1.54) is 35.6 Å². The Morgan fingerprint density at radius 2 is 1.82 bits per heavy atom. The van der Waals surface area contributed by atoms with Crippen LogP contribution in [-0.2, 0) is 13.0 Å². The lowest BCUT2D eigenvalue weighted by molar-refractivity contribution is -0.274. The number of allylic oxidation sites excluding steroid dienone is 2. The number of fused-ring (bicyclic) bond motifs is 8. The van der Waals surface area contributed by atoms with Crippen LogP contribution in [-0.4, -0.2) is 75.0 Å². The third kappa shape index (κ3) is 9.05. The number of thiophene rings is 1. The van der Waals surface area contributed by atoms with Crippen molar-refractivity contribution in [3.63, 3.8) is 0 Å². The van der Waals surface area contributed by atoms with Crippen molar-refractivity contribution >= 4 is 17.1 Å². The molecule has 272 valence electrons. The van der Waals surface area contributed by atoms with Crippen LogP contribution in [0.1, 0.15) is 95.1 Å². The highest BCUT2D eigenvalue weighted by Gasteiger charge is 2.57. The van der Waals surface area contributed by atoms with Crippen LogP contribution < -0.4 is 4.74 Å². The molecule has 0 radical (unpaired) electrons. The molecule has 50 heavy (non-hydrogen) atoms. The molecule has 1 aromatic heterocycles. The molecule has 0 spiro atoms. The van der Waals surface area contributed by atoms with Gasteiger partial charge in [0.1, 0.15) is 5.75 Å². The summed E-state index contributed by atoms with van der Waals surface area (Å²) in [6.07, 6.45) is -0.282. The number of hydrogen-bond acceptors (Lipinski definition) is 8. The number of carbonyl (C=O) groups excluding carboxylic acids is 1. The van der Waals surface area contributed by atoms with E-state index in [-0.39, 0.29) is 37.1 Å². The first-order chi connectivity index (χ1) is 23.6. The van der Waals surface area contributed by atoms with E-state index in [0.717, 1.165) is 28.0 Å². The zero-order chi connectivity index (χ0) is 36.3. The summed E-state index contributed by atoms with van der Waals surface area (Å²) >= 11 is 1.44. The van der Waals surface area contributed by atoms with Gasteiger partial charge in [0.2, 0.25) is 5.78 Å². The highest BCUT2D eigenvalue weighted by atomic mass is 32.1. The second-order valence-electron chi connectivity index (χ2n) is 14.4. The topological polar surface area (TPSA) is 110 Å². The standard InChI is InChI=1S/C39H48F3NO6S/c1-25-5-4-17-37(3)34(32-14-10-28(19-29(45)11-6-25)20-33(32)36(47)35-15-7-26(2)50-35)16-18-38(37,48)24-43(22-30(46)23-44)21-27-8-12-31(13-9-27)49-39(40,41)42/h5,7-10,12-15,20,29-30,34,44-46,48H,4,6,11,16-19,21-24H2,1-3H3. The smallest absolute Gasteiger partial charge is 0.406 e. The molecule has 7 nitrogen and oxygen atoms in total. The summed E-state index contributed by atoms with van der Waals surface area (Å²) in [5, 5.41) is 43.9. The summed E-state index contributed by atoms with van der Waals surface area (Å²) in [6, 6.07) is 15.2. The molecule has 11 heteroatoms. The van der Waals surface area contributed by atoms with E-state index in [9.17, 15) is 38.4 Å². The van der Waals surface area contributed by atoms with Gasteiger partial charge < -0.3 is 25.2 Å². The fourth-order valence-corrected chi connectivity index (χ4v) is 8.67. The fourth-order valence-electron chi connectivity index (χ4n) is 7.85. The van der Waals surface area contributed by atoms with Crippen molar-refractivity contribution in [2.75, 3.05) is 19.7 Å². The van der Waals surface area contributed by atoms with Gasteiger partial charge in [0.25, 0.3) is 0 Å². The molecule has 3 aliphatic rings. The Kier molecular flexibility index (Phi) is 12.0. The van der Waals surface area contributed by atoms with Gasteiger partial charge in [0.15, 0.2) is 0 Å². The third-order valence-corrected chi connectivity index (χ3v) is 11.6. The van der Waals surface area contributed by atoms with Gasteiger partial charge in [-0.25, -0.2) is 0 Å². The zero-order valence-corrected chi connectivity index (χ0v) is 29.7. The first-order valence-corrected chi connectivity index (χ1v) is 18.1. The lowest BCUT2D eigenvalue weighted by atomic mass is 9.64. The number of aliphatic hydroxyl groups is 4. The van der Waals surface area contributed by atoms with Gasteiger partial charge >= 0.3 is 6.36 Å². The molecule has 1 heterocycles. The van der Waals surface area contributed by atoms with E-state index in [4.69, 9.17) is 0 Å². The fraction of sp³-hybridized carbons (Fsp3) is 0.513. The van der Waals surface area contributed by atoms with E-state index >= 15 is 0 Å². The number of carbonyl (C=O) groups is 1. The number of ether oxygens (including phenoxy) is 1. The number of benzene rings is 2. The van der Waals surface area contributed by atoms with Crippen LogP contribution in [0.3, 0.4) is 0 Å². The minimum absolute atomic E-state index is 0.0257. The van der Waals surface area contributed by atoms with Crippen molar-refractivity contribution in [3.8, 4) is 5.75 Å². The Morgan fingerprint density at radius 1 is 1.08 bits per heavy atom. The average Bonchev–Trinajstić information content (AvgIpc) is 3.59. The lowest BCUT2D eigenvalue weighted by Crippen LogP contribution is -2.53. The molecule has 6 rings (SSSR count). The number of aryl methyl sites for hydroxylation is 1. The van der Waals surface area contributed by atoms with Gasteiger partial charge in [-0.15, -0.1) is 24.5 Å². The third-order valence-electron chi connectivity index (χ3n) is 10.6. The Bertz CT molecular complexity index is 1660.